The van der Waals surface area contributed by atoms with E-state index in [4.69, 9.17) is 9.47 Å². The molecule has 0 unspecified atom stereocenters. The van der Waals surface area contributed by atoms with Gasteiger partial charge in [-0.25, -0.2) is 8.42 Å². The molecule has 120 valence electrons. The topological polar surface area (TPSA) is 72.8 Å². The third-order valence-electron chi connectivity index (χ3n) is 3.55. The third-order valence-corrected chi connectivity index (χ3v) is 5.46. The second kappa shape index (κ2) is 6.44. The first-order chi connectivity index (χ1) is 11.1. The average molecular weight is 332 g/mol. The van der Waals surface area contributed by atoms with E-state index in [0.29, 0.717) is 5.75 Å². The van der Waals surface area contributed by atoms with Crippen LogP contribution in [0.25, 0.3) is 0 Å². The number of rotatable bonds is 5. The Hall–Kier alpha value is -2.31. The molecular formula is C17H16O5S. The quantitative estimate of drug-likeness (QED) is 0.851. The molecule has 23 heavy (non-hydrogen) atoms. The maximum absolute atomic E-state index is 12.7. The second-order valence-corrected chi connectivity index (χ2v) is 7.05. The predicted octanol–water partition coefficient (Wildman–Crippen LogP) is 2.35. The molecule has 2 atom stereocenters. The number of sulfone groups is 1. The highest BCUT2D eigenvalue weighted by molar-refractivity contribution is 7.95. The SMILES string of the molecule is O=S(=O)(C1=COC[C@H]1[C@H](O)Oc1ccccc1)c1ccccc1. The van der Waals surface area contributed by atoms with E-state index < -0.39 is 22.0 Å². The zero-order valence-electron chi connectivity index (χ0n) is 12.2. The molecule has 0 amide bonds. The van der Waals surface area contributed by atoms with Crippen LogP contribution in [0.5, 0.6) is 5.75 Å². The molecule has 1 aliphatic heterocycles. The maximum Gasteiger partial charge on any atom is 0.208 e. The van der Waals surface area contributed by atoms with Gasteiger partial charge in [-0.2, -0.15) is 0 Å². The van der Waals surface area contributed by atoms with Crippen molar-refractivity contribution in [2.45, 2.75) is 11.2 Å². The van der Waals surface area contributed by atoms with E-state index in [-0.39, 0.29) is 16.4 Å². The average Bonchev–Trinajstić information content (AvgIpc) is 3.07. The highest BCUT2D eigenvalue weighted by Gasteiger charge is 2.38. The fourth-order valence-corrected chi connectivity index (χ4v) is 3.91. The number of hydrogen-bond acceptors (Lipinski definition) is 5. The molecule has 1 aliphatic rings. The number of aliphatic hydroxyl groups is 1. The van der Waals surface area contributed by atoms with Gasteiger partial charge in [0.15, 0.2) is 0 Å². The van der Waals surface area contributed by atoms with Gasteiger partial charge >= 0.3 is 0 Å². The Bertz CT molecular complexity index is 784. The first-order valence-electron chi connectivity index (χ1n) is 7.10. The predicted molar refractivity (Wildman–Crippen MR) is 84.2 cm³/mol. The molecule has 6 heteroatoms. The fraction of sp³-hybridized carbons (Fsp3) is 0.176. The Balaban J connectivity index is 1.83. The Labute approximate surface area is 134 Å². The molecule has 0 saturated heterocycles. The number of para-hydroxylation sites is 1. The molecule has 0 fully saturated rings. The summed E-state index contributed by atoms with van der Waals surface area (Å²) in [6, 6.07) is 16.8. The van der Waals surface area contributed by atoms with Gasteiger partial charge in [0.2, 0.25) is 16.1 Å². The van der Waals surface area contributed by atoms with Crippen LogP contribution in [0.2, 0.25) is 0 Å². The number of aliphatic hydroxyl groups excluding tert-OH is 1. The third kappa shape index (κ3) is 3.23. The monoisotopic (exact) mass is 332 g/mol. The van der Waals surface area contributed by atoms with Crippen LogP contribution < -0.4 is 4.74 Å². The van der Waals surface area contributed by atoms with Gasteiger partial charge in [0.25, 0.3) is 0 Å². The van der Waals surface area contributed by atoms with Crippen LogP contribution in [0.3, 0.4) is 0 Å². The fourth-order valence-electron chi connectivity index (χ4n) is 2.35. The van der Waals surface area contributed by atoms with E-state index in [1.165, 1.54) is 18.4 Å². The lowest BCUT2D eigenvalue weighted by Gasteiger charge is -2.20. The minimum Gasteiger partial charge on any atom is -0.499 e. The van der Waals surface area contributed by atoms with Crippen molar-refractivity contribution in [1.82, 2.24) is 0 Å². The first-order valence-corrected chi connectivity index (χ1v) is 8.59. The van der Waals surface area contributed by atoms with Crippen LogP contribution in [0.4, 0.5) is 0 Å². The Morgan fingerprint density at radius 2 is 1.65 bits per heavy atom. The van der Waals surface area contributed by atoms with Crippen molar-refractivity contribution >= 4 is 9.84 Å². The number of benzene rings is 2. The summed E-state index contributed by atoms with van der Waals surface area (Å²) in [5.41, 5.74) is 0. The second-order valence-electron chi connectivity index (χ2n) is 5.10. The van der Waals surface area contributed by atoms with Crippen LogP contribution in [0.1, 0.15) is 0 Å². The summed E-state index contributed by atoms with van der Waals surface area (Å²) in [6.45, 7) is 0.0510. The Morgan fingerprint density at radius 1 is 1.04 bits per heavy atom. The summed E-state index contributed by atoms with van der Waals surface area (Å²) >= 11 is 0. The molecule has 2 aromatic rings. The van der Waals surface area contributed by atoms with Gasteiger partial charge in [0.05, 0.1) is 22.0 Å². The summed E-state index contributed by atoms with van der Waals surface area (Å²) in [4.78, 5) is 0.181. The standard InChI is InChI=1S/C17H16O5S/c18-17(22-13-7-3-1-4-8-13)15-11-21-12-16(15)23(19,20)14-9-5-2-6-10-14/h1-10,12,15,17-18H,11H2/t15-,17-/m1/s1. The molecule has 0 aromatic heterocycles. The smallest absolute Gasteiger partial charge is 0.208 e. The van der Waals surface area contributed by atoms with E-state index in [0.717, 1.165) is 0 Å². The Kier molecular flexibility index (Phi) is 4.36. The van der Waals surface area contributed by atoms with Gasteiger partial charge in [0, 0.05) is 0 Å². The minimum absolute atomic E-state index is 0.0205. The largest absolute Gasteiger partial charge is 0.499 e. The van der Waals surface area contributed by atoms with Crippen molar-refractivity contribution in [2.24, 2.45) is 5.92 Å². The van der Waals surface area contributed by atoms with Crippen molar-refractivity contribution in [3.63, 3.8) is 0 Å². The van der Waals surface area contributed by atoms with Crippen molar-refractivity contribution < 1.29 is 23.0 Å². The van der Waals surface area contributed by atoms with Gasteiger partial charge < -0.3 is 14.6 Å². The molecule has 0 aliphatic carbocycles. The lowest BCUT2D eigenvalue weighted by Crippen LogP contribution is -2.31. The maximum atomic E-state index is 12.7. The summed E-state index contributed by atoms with van der Waals surface area (Å²) in [7, 11) is -3.73. The van der Waals surface area contributed by atoms with E-state index >= 15 is 0 Å². The Morgan fingerprint density at radius 3 is 2.30 bits per heavy atom. The molecule has 1 N–H and O–H groups in total. The highest BCUT2D eigenvalue weighted by Crippen LogP contribution is 2.32. The molecule has 1 heterocycles. The molecule has 0 bridgehead atoms. The van der Waals surface area contributed by atoms with Crippen LogP contribution in [0, 0.1) is 5.92 Å². The molecule has 0 radical (unpaired) electrons. The van der Waals surface area contributed by atoms with Crippen molar-refractivity contribution in [3.8, 4) is 5.75 Å². The van der Waals surface area contributed by atoms with Crippen molar-refractivity contribution in [3.05, 3.63) is 71.8 Å². The molecule has 0 spiro atoms. The summed E-state index contributed by atoms with van der Waals surface area (Å²) in [5, 5.41) is 10.3. The molecule has 3 rings (SSSR count). The van der Waals surface area contributed by atoms with Crippen molar-refractivity contribution in [1.29, 1.82) is 0 Å². The molecule has 0 saturated carbocycles. The summed E-state index contributed by atoms with van der Waals surface area (Å²) in [6.07, 6.45) is -0.130. The van der Waals surface area contributed by atoms with Crippen molar-refractivity contribution in [2.75, 3.05) is 6.61 Å². The normalized spacial score (nSPS) is 18.8. The molecular weight excluding hydrogens is 316 g/mol. The van der Waals surface area contributed by atoms with Gasteiger partial charge in [-0.1, -0.05) is 36.4 Å². The highest BCUT2D eigenvalue weighted by atomic mass is 32.2. The number of ether oxygens (including phenoxy) is 2. The van der Waals surface area contributed by atoms with Gasteiger partial charge in [-0.15, -0.1) is 0 Å². The zero-order valence-corrected chi connectivity index (χ0v) is 13.0. The number of hydrogen-bond donors (Lipinski definition) is 1. The van der Waals surface area contributed by atoms with E-state index in [9.17, 15) is 13.5 Å². The first kappa shape index (κ1) is 15.6. The summed E-state index contributed by atoms with van der Waals surface area (Å²) in [5.74, 6) is -0.316. The van der Waals surface area contributed by atoms with Crippen LogP contribution in [-0.2, 0) is 14.6 Å². The molecule has 2 aromatic carbocycles. The molecule has 5 nitrogen and oxygen atoms in total. The van der Waals surface area contributed by atoms with Crippen LogP contribution >= 0.6 is 0 Å². The van der Waals surface area contributed by atoms with E-state index in [2.05, 4.69) is 0 Å². The summed E-state index contributed by atoms with van der Waals surface area (Å²) < 4.78 is 36.0. The van der Waals surface area contributed by atoms with E-state index in [1.54, 1.807) is 42.5 Å². The zero-order chi connectivity index (χ0) is 16.3. The van der Waals surface area contributed by atoms with Gasteiger partial charge in [-0.05, 0) is 24.3 Å². The van der Waals surface area contributed by atoms with Crippen LogP contribution in [-0.4, -0.2) is 26.4 Å². The van der Waals surface area contributed by atoms with Gasteiger partial charge in [0.1, 0.15) is 12.4 Å². The van der Waals surface area contributed by atoms with Gasteiger partial charge in [-0.3, -0.25) is 0 Å². The van der Waals surface area contributed by atoms with E-state index in [1.807, 2.05) is 6.07 Å². The lowest BCUT2D eigenvalue weighted by atomic mass is 10.1. The van der Waals surface area contributed by atoms with Crippen LogP contribution in [0.15, 0.2) is 76.7 Å². The minimum atomic E-state index is -3.73. The lowest BCUT2D eigenvalue weighted by molar-refractivity contribution is -0.0565.